The highest BCUT2D eigenvalue weighted by Gasteiger charge is 2.30. The predicted molar refractivity (Wildman–Crippen MR) is 96.2 cm³/mol. The molecule has 1 atom stereocenters. The van der Waals surface area contributed by atoms with Crippen LogP contribution in [0.25, 0.3) is 0 Å². The summed E-state index contributed by atoms with van der Waals surface area (Å²) in [7, 11) is 3.61. The Morgan fingerprint density at radius 1 is 1.11 bits per heavy atom. The Hall–Kier alpha value is -2.25. The molecule has 0 bridgehead atoms. The summed E-state index contributed by atoms with van der Waals surface area (Å²) in [6.07, 6.45) is -4.37. The highest BCUT2D eigenvalue weighted by Crippen LogP contribution is 2.30. The van der Waals surface area contributed by atoms with Crippen LogP contribution in [-0.2, 0) is 6.18 Å². The van der Waals surface area contributed by atoms with Crippen LogP contribution in [0.5, 0.6) is 0 Å². The van der Waals surface area contributed by atoms with Gasteiger partial charge in [0.2, 0.25) is 0 Å². The first-order chi connectivity index (χ1) is 12.6. The van der Waals surface area contributed by atoms with Gasteiger partial charge in [-0.3, -0.25) is 4.79 Å². The molecule has 27 heavy (non-hydrogen) atoms. The third kappa shape index (κ3) is 5.61. The normalized spacial score (nSPS) is 13.0. The van der Waals surface area contributed by atoms with Gasteiger partial charge in [0.05, 0.1) is 12.1 Å². The van der Waals surface area contributed by atoms with Crippen LogP contribution in [-0.4, -0.2) is 37.9 Å². The number of aryl methyl sites for hydroxylation is 1. The van der Waals surface area contributed by atoms with Crippen LogP contribution in [0.4, 0.5) is 17.6 Å². The van der Waals surface area contributed by atoms with E-state index in [1.165, 1.54) is 18.2 Å². The number of halogens is 4. The van der Waals surface area contributed by atoms with Gasteiger partial charge in [-0.25, -0.2) is 4.39 Å². The fourth-order valence-electron chi connectivity index (χ4n) is 2.68. The van der Waals surface area contributed by atoms with Gasteiger partial charge in [-0.15, -0.1) is 0 Å². The van der Waals surface area contributed by atoms with Crippen molar-refractivity contribution in [1.82, 2.24) is 10.2 Å². The molecule has 0 aliphatic heterocycles. The van der Waals surface area contributed by atoms with Crippen LogP contribution in [0, 0.1) is 12.7 Å². The van der Waals surface area contributed by atoms with Crippen LogP contribution in [0.3, 0.4) is 0 Å². The Morgan fingerprint density at radius 3 is 2.26 bits per heavy atom. The number of alkyl halides is 3. The zero-order chi connectivity index (χ0) is 20.2. The molecule has 2 rings (SSSR count). The number of hydrogen-bond acceptors (Lipinski definition) is 3. The van der Waals surface area contributed by atoms with Gasteiger partial charge in [0, 0.05) is 18.2 Å². The SMILES string of the molecule is Cc1ccc(C(=O)CNCC(c2ccc(C(F)(F)F)cc2)N(C)C)cc1F. The third-order valence-corrected chi connectivity index (χ3v) is 4.36. The fourth-order valence-corrected chi connectivity index (χ4v) is 2.68. The van der Waals surface area contributed by atoms with Crippen LogP contribution in [0.1, 0.15) is 33.1 Å². The number of ketones is 1. The molecule has 0 amide bonds. The van der Waals surface area contributed by atoms with Crippen molar-refractivity contribution in [2.45, 2.75) is 19.1 Å². The number of rotatable bonds is 7. The first-order valence-electron chi connectivity index (χ1n) is 8.43. The lowest BCUT2D eigenvalue weighted by atomic mass is 10.0. The summed E-state index contributed by atoms with van der Waals surface area (Å²) in [5.41, 5.74) is 0.749. The molecule has 2 aromatic rings. The van der Waals surface area contributed by atoms with E-state index in [4.69, 9.17) is 0 Å². The molecule has 0 aliphatic rings. The lowest BCUT2D eigenvalue weighted by Crippen LogP contribution is -2.34. The Labute approximate surface area is 156 Å². The van der Waals surface area contributed by atoms with Gasteiger partial charge in [0.25, 0.3) is 0 Å². The van der Waals surface area contributed by atoms with Crippen molar-refractivity contribution in [2.75, 3.05) is 27.2 Å². The highest BCUT2D eigenvalue weighted by atomic mass is 19.4. The molecule has 0 aromatic heterocycles. The molecule has 0 saturated heterocycles. The first kappa shape index (κ1) is 21.1. The smallest absolute Gasteiger partial charge is 0.308 e. The monoisotopic (exact) mass is 382 g/mol. The molecule has 0 spiro atoms. The average Bonchev–Trinajstić information content (AvgIpc) is 2.60. The molecule has 2 aromatic carbocycles. The quantitative estimate of drug-likeness (QED) is 0.575. The number of benzene rings is 2. The van der Waals surface area contributed by atoms with Gasteiger partial charge >= 0.3 is 6.18 Å². The van der Waals surface area contributed by atoms with E-state index in [-0.39, 0.29) is 23.9 Å². The molecule has 3 nitrogen and oxygen atoms in total. The number of carbonyl (C=O) groups is 1. The maximum Gasteiger partial charge on any atom is 0.416 e. The molecule has 146 valence electrons. The van der Waals surface area contributed by atoms with Crippen LogP contribution in [0.15, 0.2) is 42.5 Å². The van der Waals surface area contributed by atoms with Crippen molar-refractivity contribution in [3.8, 4) is 0 Å². The van der Waals surface area contributed by atoms with Crippen LogP contribution < -0.4 is 5.32 Å². The zero-order valence-electron chi connectivity index (χ0n) is 15.4. The van der Waals surface area contributed by atoms with Crippen molar-refractivity contribution < 1.29 is 22.4 Å². The summed E-state index contributed by atoms with van der Waals surface area (Å²) in [5.74, 6) is -0.685. The van der Waals surface area contributed by atoms with E-state index in [1.807, 2.05) is 4.90 Å². The minimum absolute atomic E-state index is 0.00742. The van der Waals surface area contributed by atoms with Crippen LogP contribution in [0.2, 0.25) is 0 Å². The van der Waals surface area contributed by atoms with Crippen LogP contribution >= 0.6 is 0 Å². The number of nitrogens with one attached hydrogen (secondary N) is 1. The van der Waals surface area contributed by atoms with E-state index in [2.05, 4.69) is 5.32 Å². The van der Waals surface area contributed by atoms with Crippen molar-refractivity contribution in [3.63, 3.8) is 0 Å². The molecular formula is C20H22F4N2O. The lowest BCUT2D eigenvalue weighted by Gasteiger charge is -2.25. The summed E-state index contributed by atoms with van der Waals surface area (Å²) in [6, 6.07) is 9.08. The van der Waals surface area contributed by atoms with Gasteiger partial charge in [0.1, 0.15) is 5.82 Å². The van der Waals surface area contributed by atoms with E-state index in [0.29, 0.717) is 17.7 Å². The molecule has 7 heteroatoms. The van der Waals surface area contributed by atoms with Gasteiger partial charge in [-0.1, -0.05) is 24.3 Å². The van der Waals surface area contributed by atoms with E-state index in [1.54, 1.807) is 33.2 Å². The van der Waals surface area contributed by atoms with Gasteiger partial charge in [-0.05, 0) is 50.3 Å². The molecule has 0 saturated carbocycles. The summed E-state index contributed by atoms with van der Waals surface area (Å²) < 4.78 is 51.7. The predicted octanol–water partition coefficient (Wildman–Crippen LogP) is 4.23. The van der Waals surface area contributed by atoms with Crippen molar-refractivity contribution in [3.05, 3.63) is 70.5 Å². The lowest BCUT2D eigenvalue weighted by molar-refractivity contribution is -0.137. The highest BCUT2D eigenvalue weighted by molar-refractivity contribution is 5.97. The standard InChI is InChI=1S/C20H22F4N2O/c1-13-4-5-15(10-17(13)21)19(27)12-25-11-18(26(2)3)14-6-8-16(9-7-14)20(22,23)24/h4-10,18,25H,11-12H2,1-3H3. The molecule has 0 aliphatic carbocycles. The Bertz CT molecular complexity index is 786. The summed E-state index contributed by atoms with van der Waals surface area (Å²) in [5, 5.41) is 3.01. The molecule has 1 N–H and O–H groups in total. The zero-order valence-corrected chi connectivity index (χ0v) is 15.4. The molecule has 1 unspecified atom stereocenters. The van der Waals surface area contributed by atoms with Gasteiger partial charge in [-0.2, -0.15) is 13.2 Å². The van der Waals surface area contributed by atoms with Gasteiger partial charge in [0.15, 0.2) is 5.78 Å². The largest absolute Gasteiger partial charge is 0.416 e. The maximum atomic E-state index is 13.6. The topological polar surface area (TPSA) is 32.3 Å². The number of hydrogen-bond donors (Lipinski definition) is 1. The Kier molecular flexibility index (Phi) is 6.73. The Morgan fingerprint density at radius 2 is 1.74 bits per heavy atom. The summed E-state index contributed by atoms with van der Waals surface area (Å²) in [6.45, 7) is 1.99. The second kappa shape index (κ2) is 8.63. The molecular weight excluding hydrogens is 360 g/mol. The average molecular weight is 382 g/mol. The van der Waals surface area contributed by atoms with Gasteiger partial charge < -0.3 is 10.2 Å². The second-order valence-corrected chi connectivity index (χ2v) is 6.62. The van der Waals surface area contributed by atoms with Crippen molar-refractivity contribution in [2.24, 2.45) is 0 Å². The van der Waals surface area contributed by atoms with E-state index in [0.717, 1.165) is 12.1 Å². The van der Waals surface area contributed by atoms with Crippen molar-refractivity contribution in [1.29, 1.82) is 0 Å². The van der Waals surface area contributed by atoms with E-state index < -0.39 is 17.6 Å². The molecule has 0 heterocycles. The second-order valence-electron chi connectivity index (χ2n) is 6.62. The van der Waals surface area contributed by atoms with E-state index >= 15 is 0 Å². The number of likely N-dealkylation sites (N-methyl/N-ethyl adjacent to an activating group) is 1. The summed E-state index contributed by atoms with van der Waals surface area (Å²) >= 11 is 0. The summed E-state index contributed by atoms with van der Waals surface area (Å²) in [4.78, 5) is 14.0. The molecule has 0 radical (unpaired) electrons. The van der Waals surface area contributed by atoms with E-state index in [9.17, 15) is 22.4 Å². The third-order valence-electron chi connectivity index (χ3n) is 4.36. The first-order valence-corrected chi connectivity index (χ1v) is 8.43. The minimum atomic E-state index is -4.37. The number of Topliss-reactive ketones (excluding diaryl/α,β-unsaturated/α-hetero) is 1. The fraction of sp³-hybridized carbons (Fsp3) is 0.350. The maximum absolute atomic E-state index is 13.6. The molecule has 0 fully saturated rings. The number of nitrogens with zero attached hydrogens (tertiary/aromatic N) is 1. The van der Waals surface area contributed by atoms with Crippen molar-refractivity contribution >= 4 is 5.78 Å². The number of carbonyl (C=O) groups excluding carboxylic acids is 1. The minimum Gasteiger partial charge on any atom is -0.308 e. The Balaban J connectivity index is 2.00.